The number of hydrogen-bond donors (Lipinski definition) is 0. The number of hydrogen-bond acceptors (Lipinski definition) is 4. The van der Waals surface area contributed by atoms with Crippen LogP contribution in [0.5, 0.6) is 0 Å². The monoisotopic (exact) mass is 268 g/mol. The van der Waals surface area contributed by atoms with Crippen molar-refractivity contribution in [2.45, 2.75) is 38.1 Å². The zero-order chi connectivity index (χ0) is 13.8. The van der Waals surface area contributed by atoms with E-state index in [9.17, 15) is 14.4 Å². The third-order valence-electron chi connectivity index (χ3n) is 3.79. The predicted molar refractivity (Wildman–Crippen MR) is 67.2 cm³/mol. The Morgan fingerprint density at radius 3 is 2.68 bits per heavy atom. The summed E-state index contributed by atoms with van der Waals surface area (Å²) in [7, 11) is 1.34. The highest BCUT2D eigenvalue weighted by Gasteiger charge is 2.34. The van der Waals surface area contributed by atoms with Crippen molar-refractivity contribution in [1.82, 2.24) is 9.80 Å². The molecule has 0 N–H and O–H groups in total. The average molecular weight is 268 g/mol. The molecule has 6 nitrogen and oxygen atoms in total. The van der Waals surface area contributed by atoms with Crippen LogP contribution < -0.4 is 0 Å². The average Bonchev–Trinajstić information content (AvgIpc) is 2.83. The lowest BCUT2D eigenvalue weighted by molar-refractivity contribution is -0.155. The Bertz CT molecular complexity index is 383. The Kier molecular flexibility index (Phi) is 4.39. The molecule has 2 rings (SSSR count). The fourth-order valence-electron chi connectivity index (χ4n) is 2.74. The van der Waals surface area contributed by atoms with E-state index in [1.807, 2.05) is 0 Å². The molecule has 2 amide bonds. The first-order valence-electron chi connectivity index (χ1n) is 6.78. The number of ether oxygens (including phenoxy) is 1. The fraction of sp³-hybridized carbons (Fsp3) is 0.769. The number of nitrogens with zero attached hydrogens (tertiary/aromatic N) is 2. The molecule has 2 aliphatic rings. The second kappa shape index (κ2) is 6.04. The van der Waals surface area contributed by atoms with Gasteiger partial charge < -0.3 is 14.5 Å². The van der Waals surface area contributed by atoms with E-state index in [4.69, 9.17) is 4.74 Å². The quantitative estimate of drug-likeness (QED) is 0.684. The molecule has 2 fully saturated rings. The summed E-state index contributed by atoms with van der Waals surface area (Å²) in [6.45, 7) is 1.30. The Labute approximate surface area is 112 Å². The minimum atomic E-state index is -0.482. The van der Waals surface area contributed by atoms with Crippen LogP contribution in [0.2, 0.25) is 0 Å². The zero-order valence-electron chi connectivity index (χ0n) is 11.3. The van der Waals surface area contributed by atoms with Crippen molar-refractivity contribution in [3.63, 3.8) is 0 Å². The molecule has 0 aliphatic carbocycles. The van der Waals surface area contributed by atoms with Gasteiger partial charge in [0.2, 0.25) is 11.8 Å². The zero-order valence-corrected chi connectivity index (χ0v) is 11.3. The molecule has 0 bridgehead atoms. The second-order valence-electron chi connectivity index (χ2n) is 5.04. The van der Waals surface area contributed by atoms with E-state index in [0.29, 0.717) is 25.9 Å². The van der Waals surface area contributed by atoms with Gasteiger partial charge in [0.25, 0.3) is 0 Å². The van der Waals surface area contributed by atoms with Crippen LogP contribution in [0.1, 0.15) is 32.1 Å². The molecule has 2 saturated heterocycles. The van der Waals surface area contributed by atoms with E-state index < -0.39 is 6.04 Å². The molecular weight excluding hydrogens is 248 g/mol. The van der Waals surface area contributed by atoms with Crippen LogP contribution in [-0.4, -0.2) is 60.4 Å². The molecule has 2 aliphatic heterocycles. The number of amides is 2. The van der Waals surface area contributed by atoms with Crippen LogP contribution in [0.15, 0.2) is 0 Å². The van der Waals surface area contributed by atoms with Gasteiger partial charge in [-0.05, 0) is 25.7 Å². The first-order valence-corrected chi connectivity index (χ1v) is 6.78. The number of carbonyl (C=O) groups excluding carboxylic acids is 3. The first-order chi connectivity index (χ1) is 9.13. The lowest BCUT2D eigenvalue weighted by atomic mass is 10.0. The summed E-state index contributed by atoms with van der Waals surface area (Å²) in [5.41, 5.74) is 0. The standard InChI is InChI=1S/C13H20N2O4/c1-19-13(18)10-5-2-3-8-15(10)12(17)9-14-7-4-6-11(14)16/h10H,2-9H2,1H3. The summed E-state index contributed by atoms with van der Waals surface area (Å²) >= 11 is 0. The molecule has 0 aromatic heterocycles. The molecule has 0 aromatic rings. The molecule has 6 heteroatoms. The predicted octanol–water partition coefficient (Wildman–Crippen LogP) is 0.163. The van der Waals surface area contributed by atoms with Crippen molar-refractivity contribution in [2.75, 3.05) is 26.7 Å². The number of piperidine rings is 1. The molecular formula is C13H20N2O4. The van der Waals surface area contributed by atoms with Crippen LogP contribution in [0.3, 0.4) is 0 Å². The van der Waals surface area contributed by atoms with Crippen molar-refractivity contribution in [3.05, 3.63) is 0 Å². The SMILES string of the molecule is COC(=O)C1CCCCN1C(=O)CN1CCCC1=O. The maximum absolute atomic E-state index is 12.3. The summed E-state index contributed by atoms with van der Waals surface area (Å²) in [5.74, 6) is -0.480. The van der Waals surface area contributed by atoms with Gasteiger partial charge in [0.05, 0.1) is 13.7 Å². The maximum atomic E-state index is 12.3. The van der Waals surface area contributed by atoms with Gasteiger partial charge in [0.15, 0.2) is 0 Å². The summed E-state index contributed by atoms with van der Waals surface area (Å²) in [6, 6.07) is -0.482. The van der Waals surface area contributed by atoms with Gasteiger partial charge in [-0.3, -0.25) is 9.59 Å². The number of methoxy groups -OCH3 is 1. The third-order valence-corrected chi connectivity index (χ3v) is 3.79. The number of rotatable bonds is 3. The third kappa shape index (κ3) is 3.05. The van der Waals surface area contributed by atoms with Gasteiger partial charge in [0, 0.05) is 19.5 Å². The second-order valence-corrected chi connectivity index (χ2v) is 5.04. The van der Waals surface area contributed by atoms with Crippen LogP contribution in [0, 0.1) is 0 Å². The van der Waals surface area contributed by atoms with Crippen LogP contribution in [-0.2, 0) is 19.1 Å². The highest BCUT2D eigenvalue weighted by molar-refractivity contribution is 5.89. The van der Waals surface area contributed by atoms with Gasteiger partial charge in [-0.15, -0.1) is 0 Å². The van der Waals surface area contributed by atoms with Gasteiger partial charge >= 0.3 is 5.97 Å². The van der Waals surface area contributed by atoms with E-state index in [2.05, 4.69) is 0 Å². The largest absolute Gasteiger partial charge is 0.467 e. The highest BCUT2D eigenvalue weighted by Crippen LogP contribution is 2.19. The number of esters is 1. The smallest absolute Gasteiger partial charge is 0.328 e. The molecule has 2 heterocycles. The minimum absolute atomic E-state index is 0.0278. The van der Waals surface area contributed by atoms with Gasteiger partial charge in [-0.2, -0.15) is 0 Å². The molecule has 0 saturated carbocycles. The van der Waals surface area contributed by atoms with Crippen LogP contribution in [0.4, 0.5) is 0 Å². The van der Waals surface area contributed by atoms with E-state index >= 15 is 0 Å². The Morgan fingerprint density at radius 1 is 1.26 bits per heavy atom. The molecule has 0 spiro atoms. The van der Waals surface area contributed by atoms with E-state index in [-0.39, 0.29) is 24.3 Å². The normalized spacial score (nSPS) is 23.6. The molecule has 1 atom stereocenters. The van der Waals surface area contributed by atoms with E-state index in [1.54, 1.807) is 9.80 Å². The Morgan fingerprint density at radius 2 is 2.05 bits per heavy atom. The summed E-state index contributed by atoms with van der Waals surface area (Å²) in [6.07, 6.45) is 3.80. The topological polar surface area (TPSA) is 66.9 Å². The van der Waals surface area contributed by atoms with Crippen LogP contribution in [0.25, 0.3) is 0 Å². The molecule has 0 radical (unpaired) electrons. The van der Waals surface area contributed by atoms with E-state index in [0.717, 1.165) is 19.3 Å². The van der Waals surface area contributed by atoms with Crippen molar-refractivity contribution in [2.24, 2.45) is 0 Å². The van der Waals surface area contributed by atoms with Crippen molar-refractivity contribution in [1.29, 1.82) is 0 Å². The lowest BCUT2D eigenvalue weighted by Gasteiger charge is -2.34. The molecule has 1 unspecified atom stereocenters. The summed E-state index contributed by atoms with van der Waals surface area (Å²) in [4.78, 5) is 38.6. The maximum Gasteiger partial charge on any atom is 0.328 e. The number of likely N-dealkylation sites (tertiary alicyclic amines) is 2. The van der Waals surface area contributed by atoms with Crippen molar-refractivity contribution >= 4 is 17.8 Å². The minimum Gasteiger partial charge on any atom is -0.467 e. The summed E-state index contributed by atoms with van der Waals surface area (Å²) < 4.78 is 4.75. The highest BCUT2D eigenvalue weighted by atomic mass is 16.5. The summed E-state index contributed by atoms with van der Waals surface area (Å²) in [5, 5.41) is 0. The van der Waals surface area contributed by atoms with Crippen molar-refractivity contribution in [3.8, 4) is 0 Å². The fourth-order valence-corrected chi connectivity index (χ4v) is 2.74. The molecule has 19 heavy (non-hydrogen) atoms. The molecule has 0 aromatic carbocycles. The first kappa shape index (κ1) is 13.8. The van der Waals surface area contributed by atoms with Crippen molar-refractivity contribution < 1.29 is 19.1 Å². The Hall–Kier alpha value is -1.59. The van der Waals surface area contributed by atoms with Gasteiger partial charge in [0.1, 0.15) is 6.04 Å². The Balaban J connectivity index is 1.99. The van der Waals surface area contributed by atoms with E-state index in [1.165, 1.54) is 7.11 Å². The number of carbonyl (C=O) groups is 3. The van der Waals surface area contributed by atoms with Gasteiger partial charge in [-0.1, -0.05) is 0 Å². The van der Waals surface area contributed by atoms with Gasteiger partial charge in [-0.25, -0.2) is 4.79 Å². The lowest BCUT2D eigenvalue weighted by Crippen LogP contribution is -2.51. The molecule has 106 valence electrons. The van der Waals surface area contributed by atoms with Crippen LogP contribution >= 0.6 is 0 Å².